The van der Waals surface area contributed by atoms with Gasteiger partial charge in [-0.25, -0.2) is 0 Å². The van der Waals surface area contributed by atoms with Crippen molar-refractivity contribution >= 4 is 29.8 Å². The molecule has 2 heterocycles. The molecule has 0 bridgehead atoms. The number of hydrogen-bond donors (Lipinski definition) is 2. The van der Waals surface area contributed by atoms with Crippen LogP contribution in [-0.4, -0.2) is 44.0 Å². The molecule has 2 aromatic rings. The molecule has 0 radical (unpaired) electrons. The summed E-state index contributed by atoms with van der Waals surface area (Å²) in [5.41, 5.74) is 1.37. The Bertz CT molecular complexity index is 652. The third-order valence-corrected chi connectivity index (χ3v) is 5.63. The highest BCUT2D eigenvalue weighted by Crippen LogP contribution is 2.24. The molecular formula is C21H30N2O3S. The maximum Gasteiger partial charge on any atom is 0.290 e. The molecule has 27 heavy (non-hydrogen) atoms. The van der Waals surface area contributed by atoms with Crippen molar-refractivity contribution in [2.45, 2.75) is 32.7 Å². The van der Waals surface area contributed by atoms with Gasteiger partial charge in [-0.05, 0) is 63.9 Å². The molecule has 1 atom stereocenters. The normalized spacial score (nSPS) is 14.9. The molecule has 1 aromatic heterocycles. The fourth-order valence-electron chi connectivity index (χ4n) is 3.05. The third-order valence-electron chi connectivity index (χ3n) is 4.70. The minimum atomic E-state index is -0.250. The largest absolute Gasteiger partial charge is 0.483 e. The van der Waals surface area contributed by atoms with Crippen LogP contribution in [-0.2, 0) is 4.79 Å². The van der Waals surface area contributed by atoms with Gasteiger partial charge in [0.2, 0.25) is 0 Å². The quantitative estimate of drug-likeness (QED) is 0.770. The van der Waals surface area contributed by atoms with Crippen molar-refractivity contribution in [3.8, 4) is 0 Å². The molecule has 6 heteroatoms. The average Bonchev–Trinajstić information content (AvgIpc) is 3.15. The molecule has 1 aliphatic rings. The van der Waals surface area contributed by atoms with Crippen LogP contribution < -0.4 is 10.2 Å². The average molecular weight is 391 g/mol. The van der Waals surface area contributed by atoms with Crippen molar-refractivity contribution in [1.29, 1.82) is 0 Å². The first kappa shape index (κ1) is 22.9. The van der Waals surface area contributed by atoms with Crippen LogP contribution in [0.3, 0.4) is 0 Å². The van der Waals surface area contributed by atoms with Gasteiger partial charge in [0.1, 0.15) is 0 Å². The van der Waals surface area contributed by atoms with E-state index in [9.17, 15) is 4.79 Å². The maximum atomic E-state index is 10.0. The summed E-state index contributed by atoms with van der Waals surface area (Å²) in [4.78, 5) is 22.9. The second kappa shape index (κ2) is 13.1. The minimum absolute atomic E-state index is 0.250. The second-order valence-electron chi connectivity index (χ2n) is 6.41. The summed E-state index contributed by atoms with van der Waals surface area (Å²) in [5.74, 6) is 0.838. The van der Waals surface area contributed by atoms with Crippen LogP contribution in [0.1, 0.15) is 34.3 Å². The van der Waals surface area contributed by atoms with Crippen molar-refractivity contribution in [2.75, 3.05) is 25.0 Å². The van der Waals surface area contributed by atoms with E-state index in [0.717, 1.165) is 17.1 Å². The number of para-hydroxylation sites is 1. The monoisotopic (exact) mass is 390 g/mol. The highest BCUT2D eigenvalue weighted by molar-refractivity contribution is 7.13. The number of carbonyl (C=O) groups is 2. The highest BCUT2D eigenvalue weighted by atomic mass is 32.1. The second-order valence-corrected chi connectivity index (χ2v) is 7.73. The number of nitrogens with one attached hydrogen (secondary N) is 1. The molecule has 1 fully saturated rings. The first-order chi connectivity index (χ1) is 13.0. The lowest BCUT2D eigenvalue weighted by atomic mass is 9.90. The molecule has 1 aromatic carbocycles. The van der Waals surface area contributed by atoms with Gasteiger partial charge < -0.3 is 15.3 Å². The zero-order valence-corrected chi connectivity index (χ0v) is 17.1. The van der Waals surface area contributed by atoms with Gasteiger partial charge in [-0.3, -0.25) is 9.59 Å². The van der Waals surface area contributed by atoms with E-state index in [2.05, 4.69) is 54.5 Å². The third kappa shape index (κ3) is 8.37. The summed E-state index contributed by atoms with van der Waals surface area (Å²) in [6.07, 6.45) is 3.48. The van der Waals surface area contributed by atoms with Gasteiger partial charge in [0.25, 0.3) is 6.47 Å². The smallest absolute Gasteiger partial charge is 0.290 e. The SMILES string of the molecule is CNC(C)C1CCN(c2ccccc2)CC1.Cc1ccc(C=O)s1.O=CO. The number of anilines is 1. The molecule has 0 saturated carbocycles. The molecule has 0 spiro atoms. The zero-order valence-electron chi connectivity index (χ0n) is 16.3. The Morgan fingerprint density at radius 1 is 1.15 bits per heavy atom. The van der Waals surface area contributed by atoms with Crippen molar-refractivity contribution in [1.82, 2.24) is 5.32 Å². The Morgan fingerprint density at radius 2 is 1.74 bits per heavy atom. The van der Waals surface area contributed by atoms with Gasteiger partial charge in [0.15, 0.2) is 6.29 Å². The Balaban J connectivity index is 0.000000277. The van der Waals surface area contributed by atoms with Crippen molar-refractivity contribution < 1.29 is 14.7 Å². The highest BCUT2D eigenvalue weighted by Gasteiger charge is 2.22. The topological polar surface area (TPSA) is 69.6 Å². The number of carbonyl (C=O) groups excluding carboxylic acids is 1. The lowest BCUT2D eigenvalue weighted by molar-refractivity contribution is -0.122. The Hall–Kier alpha value is -2.18. The van der Waals surface area contributed by atoms with E-state index in [-0.39, 0.29) is 6.47 Å². The van der Waals surface area contributed by atoms with Crippen molar-refractivity contribution in [2.24, 2.45) is 5.92 Å². The van der Waals surface area contributed by atoms with E-state index in [1.165, 1.54) is 47.8 Å². The predicted octanol–water partition coefficient (Wildman–Crippen LogP) is 4.08. The first-order valence-corrected chi connectivity index (χ1v) is 9.94. The number of aldehydes is 1. The van der Waals surface area contributed by atoms with E-state index < -0.39 is 0 Å². The van der Waals surface area contributed by atoms with Gasteiger partial charge in [-0.2, -0.15) is 0 Å². The van der Waals surface area contributed by atoms with Gasteiger partial charge in [0.05, 0.1) is 4.88 Å². The molecule has 0 aliphatic carbocycles. The van der Waals surface area contributed by atoms with E-state index in [0.29, 0.717) is 6.04 Å². The summed E-state index contributed by atoms with van der Waals surface area (Å²) in [6, 6.07) is 15.2. The Morgan fingerprint density at radius 3 is 2.15 bits per heavy atom. The van der Waals surface area contributed by atoms with Crippen LogP contribution in [0.25, 0.3) is 0 Å². The summed E-state index contributed by atoms with van der Waals surface area (Å²) in [5, 5.41) is 10.3. The lowest BCUT2D eigenvalue weighted by Crippen LogP contribution is -2.40. The van der Waals surface area contributed by atoms with E-state index in [4.69, 9.17) is 9.90 Å². The predicted molar refractivity (Wildman–Crippen MR) is 113 cm³/mol. The Kier molecular flexibility index (Phi) is 11.1. The number of carboxylic acid groups (broad SMARTS) is 1. The van der Waals surface area contributed by atoms with E-state index in [1.807, 2.05) is 19.1 Å². The minimum Gasteiger partial charge on any atom is -0.483 e. The van der Waals surface area contributed by atoms with Crippen molar-refractivity contribution in [3.05, 3.63) is 52.2 Å². The lowest BCUT2D eigenvalue weighted by Gasteiger charge is -2.36. The number of aryl methyl sites for hydroxylation is 1. The summed E-state index contributed by atoms with van der Waals surface area (Å²) >= 11 is 1.52. The van der Waals surface area contributed by atoms with Gasteiger partial charge in [-0.15, -0.1) is 11.3 Å². The van der Waals surface area contributed by atoms with Crippen LogP contribution in [0.2, 0.25) is 0 Å². The number of hydrogen-bond acceptors (Lipinski definition) is 5. The number of piperidine rings is 1. The van der Waals surface area contributed by atoms with Crippen LogP contribution in [0.5, 0.6) is 0 Å². The van der Waals surface area contributed by atoms with E-state index in [1.54, 1.807) is 0 Å². The van der Waals surface area contributed by atoms with E-state index >= 15 is 0 Å². The summed E-state index contributed by atoms with van der Waals surface area (Å²) in [6.45, 7) is 6.42. The van der Waals surface area contributed by atoms with Crippen LogP contribution in [0, 0.1) is 12.8 Å². The zero-order chi connectivity index (χ0) is 20.1. The van der Waals surface area contributed by atoms with Crippen molar-refractivity contribution in [3.63, 3.8) is 0 Å². The van der Waals surface area contributed by atoms with Crippen LogP contribution >= 0.6 is 11.3 Å². The maximum absolute atomic E-state index is 10.0. The fourth-order valence-corrected chi connectivity index (χ4v) is 3.74. The molecule has 5 nitrogen and oxygen atoms in total. The molecular weight excluding hydrogens is 360 g/mol. The Labute approximate surface area is 166 Å². The van der Waals surface area contributed by atoms with Gasteiger partial charge in [-0.1, -0.05) is 18.2 Å². The first-order valence-electron chi connectivity index (χ1n) is 9.12. The molecule has 3 rings (SSSR count). The summed E-state index contributed by atoms with van der Waals surface area (Å²) < 4.78 is 0. The molecule has 2 N–H and O–H groups in total. The summed E-state index contributed by atoms with van der Waals surface area (Å²) in [7, 11) is 2.06. The van der Waals surface area contributed by atoms with Crippen LogP contribution in [0.15, 0.2) is 42.5 Å². The molecule has 1 saturated heterocycles. The van der Waals surface area contributed by atoms with Crippen LogP contribution in [0.4, 0.5) is 5.69 Å². The number of benzene rings is 1. The molecule has 0 amide bonds. The number of thiophene rings is 1. The molecule has 1 aliphatic heterocycles. The fraction of sp³-hybridized carbons (Fsp3) is 0.429. The van der Waals surface area contributed by atoms with Gasteiger partial charge >= 0.3 is 0 Å². The number of rotatable bonds is 4. The standard InChI is InChI=1S/C14H22N2.C6H6OS.CH2O2/c1-12(15-2)13-8-10-16(11-9-13)14-6-4-3-5-7-14;1-5-2-3-6(4-7)8-5;2-1-3/h3-7,12-13,15H,8-11H2,1-2H3;2-4H,1H3;1H,(H,2,3). The van der Waals surface area contributed by atoms with Gasteiger partial charge in [0, 0.05) is 29.7 Å². The molecule has 148 valence electrons. The molecule has 1 unspecified atom stereocenters. The number of nitrogens with zero attached hydrogens (tertiary/aromatic N) is 1.